The molecule has 0 heterocycles. The van der Waals surface area contributed by atoms with Gasteiger partial charge in [-0.1, -0.05) is 19.3 Å². The van der Waals surface area contributed by atoms with Crippen LogP contribution in [-0.4, -0.2) is 45.3 Å². The maximum absolute atomic E-state index is 12.5. The Kier molecular flexibility index (Phi) is 4.21. The van der Waals surface area contributed by atoms with E-state index in [1.165, 1.54) is 0 Å². The number of allylic oxidation sites excluding steroid dienone is 2. The molecular weight excluding hydrogens is 288 g/mol. The Bertz CT molecular complexity index is 539. The quantitative estimate of drug-likeness (QED) is 0.371. The highest BCUT2D eigenvalue weighted by Gasteiger charge is 2.52. The summed E-state index contributed by atoms with van der Waals surface area (Å²) in [6.45, 7) is 4.02. The molecule has 0 aromatic rings. The maximum Gasteiger partial charge on any atom is 0.534 e. The number of halogens is 3. The minimum atomic E-state index is -5.62. The summed E-state index contributed by atoms with van der Waals surface area (Å²) in [7, 11) is 1.28. The van der Waals surface area contributed by atoms with Crippen molar-refractivity contribution >= 4 is 41.5 Å². The van der Waals surface area contributed by atoms with Gasteiger partial charge in [-0.2, -0.15) is 21.6 Å². The molecular formula is C9H17B4F3O3S. The van der Waals surface area contributed by atoms with Gasteiger partial charge in [-0.25, -0.2) is 0 Å². The van der Waals surface area contributed by atoms with Gasteiger partial charge in [-0.15, -0.1) is 0 Å². The highest BCUT2D eigenvalue weighted by molar-refractivity contribution is 7.87. The third-order valence-electron chi connectivity index (χ3n) is 4.17. The van der Waals surface area contributed by atoms with Crippen LogP contribution in [-0.2, 0) is 14.3 Å². The van der Waals surface area contributed by atoms with E-state index in [0.717, 1.165) is 0 Å². The first-order valence-corrected chi connectivity index (χ1v) is 7.75. The van der Waals surface area contributed by atoms with Crippen molar-refractivity contribution in [2.75, 3.05) is 0 Å². The van der Waals surface area contributed by atoms with Gasteiger partial charge in [0, 0.05) is 0 Å². The lowest BCUT2D eigenvalue weighted by molar-refractivity contribution is -0.0526. The van der Waals surface area contributed by atoms with E-state index in [1.807, 2.05) is 21.7 Å². The lowest BCUT2D eigenvalue weighted by Crippen LogP contribution is -2.39. The number of alkyl halides is 3. The van der Waals surface area contributed by atoms with Gasteiger partial charge >= 0.3 is 15.6 Å². The van der Waals surface area contributed by atoms with Crippen molar-refractivity contribution in [3.63, 3.8) is 0 Å². The second kappa shape index (κ2) is 4.78. The molecule has 0 bridgehead atoms. The fourth-order valence-electron chi connectivity index (χ4n) is 3.02. The highest BCUT2D eigenvalue weighted by Crippen LogP contribution is 2.55. The molecule has 0 saturated heterocycles. The van der Waals surface area contributed by atoms with Crippen LogP contribution in [0.5, 0.6) is 0 Å². The molecule has 1 atom stereocenters. The fraction of sp³-hybridized carbons (Fsp3) is 0.778. The van der Waals surface area contributed by atoms with Crippen LogP contribution >= 0.6 is 0 Å². The summed E-state index contributed by atoms with van der Waals surface area (Å²) >= 11 is 0. The summed E-state index contributed by atoms with van der Waals surface area (Å²) in [5, 5.41) is -0.765. The Morgan fingerprint density at radius 2 is 1.75 bits per heavy atom. The monoisotopic (exact) mass is 306 g/mol. The third-order valence-corrected chi connectivity index (χ3v) is 5.12. The highest BCUT2D eigenvalue weighted by atomic mass is 32.2. The molecule has 20 heavy (non-hydrogen) atoms. The van der Waals surface area contributed by atoms with E-state index >= 15 is 0 Å². The minimum absolute atomic E-state index is 0.0611. The molecule has 1 unspecified atom stereocenters. The van der Waals surface area contributed by atoms with Crippen molar-refractivity contribution in [2.45, 2.75) is 36.8 Å². The standard InChI is InChI=1S/C9H17B4F3O3S/c1-7(2)3-8(12,13)6(4(10)5(7)11)19-20(17,18)9(14,15)16/h5H,3,10-13H2,1-2H3. The lowest BCUT2D eigenvalue weighted by atomic mass is 9.39. The van der Waals surface area contributed by atoms with Gasteiger partial charge in [0.2, 0.25) is 0 Å². The molecule has 0 N–H and O–H groups in total. The van der Waals surface area contributed by atoms with Crippen LogP contribution in [0.3, 0.4) is 0 Å². The number of rotatable bonds is 2. The molecule has 0 amide bonds. The van der Waals surface area contributed by atoms with Gasteiger partial charge in [-0.3, -0.25) is 0 Å². The normalized spacial score (nSPS) is 26.4. The molecule has 0 fully saturated rings. The molecule has 0 aromatic carbocycles. The second-order valence-corrected chi connectivity index (χ2v) is 8.30. The van der Waals surface area contributed by atoms with Crippen LogP contribution in [0.1, 0.15) is 20.3 Å². The molecule has 0 aromatic heterocycles. The molecule has 0 aliphatic heterocycles. The predicted octanol–water partition coefficient (Wildman–Crippen LogP) is -1.07. The largest absolute Gasteiger partial charge is 0.534 e. The fourth-order valence-corrected chi connectivity index (χ4v) is 3.70. The molecule has 1 aliphatic carbocycles. The van der Waals surface area contributed by atoms with Gasteiger partial charge in [0.05, 0.1) is 5.76 Å². The van der Waals surface area contributed by atoms with E-state index < -0.39 is 20.8 Å². The van der Waals surface area contributed by atoms with Crippen molar-refractivity contribution in [1.82, 2.24) is 0 Å². The van der Waals surface area contributed by atoms with Crippen molar-refractivity contribution in [1.29, 1.82) is 0 Å². The average Bonchev–Trinajstić information content (AvgIpc) is 2.19. The van der Waals surface area contributed by atoms with Crippen LogP contribution in [0.2, 0.25) is 11.0 Å². The van der Waals surface area contributed by atoms with Crippen LogP contribution < -0.4 is 0 Å². The molecule has 11 heteroatoms. The summed E-state index contributed by atoms with van der Waals surface area (Å²) in [4.78, 5) is 0. The van der Waals surface area contributed by atoms with Gasteiger partial charge in [0.25, 0.3) is 0 Å². The van der Waals surface area contributed by atoms with Gasteiger partial charge in [0.1, 0.15) is 31.4 Å². The zero-order valence-electron chi connectivity index (χ0n) is 12.6. The Morgan fingerprint density at radius 3 is 2.15 bits per heavy atom. The molecule has 1 aliphatic rings. The summed E-state index contributed by atoms with van der Waals surface area (Å²) in [5.74, 6) is -0.143. The Hall–Kier alpha value is -0.460. The lowest BCUT2D eigenvalue weighted by Gasteiger charge is -2.47. The number of hydrogen-bond donors (Lipinski definition) is 0. The first-order valence-electron chi connectivity index (χ1n) is 6.34. The van der Waals surface area contributed by atoms with Gasteiger partial charge in [-0.05, 0) is 22.9 Å². The Balaban J connectivity index is 3.33. The van der Waals surface area contributed by atoms with E-state index in [2.05, 4.69) is 4.18 Å². The first-order chi connectivity index (χ1) is 8.62. The minimum Gasteiger partial charge on any atom is -0.382 e. The molecule has 3 nitrogen and oxygen atoms in total. The summed E-state index contributed by atoms with van der Waals surface area (Å²) in [6.07, 6.45) is 0.543. The van der Waals surface area contributed by atoms with E-state index in [1.54, 1.807) is 23.5 Å². The molecule has 110 valence electrons. The topological polar surface area (TPSA) is 43.4 Å². The van der Waals surface area contributed by atoms with Crippen molar-refractivity contribution in [3.05, 3.63) is 11.2 Å². The van der Waals surface area contributed by atoms with E-state index in [9.17, 15) is 21.6 Å². The van der Waals surface area contributed by atoms with E-state index in [4.69, 9.17) is 0 Å². The van der Waals surface area contributed by atoms with Crippen LogP contribution in [0, 0.1) is 5.41 Å². The first kappa shape index (κ1) is 17.6. The predicted molar refractivity (Wildman–Crippen MR) is 82.1 cm³/mol. The van der Waals surface area contributed by atoms with Gasteiger partial charge in [0.15, 0.2) is 0 Å². The zero-order valence-corrected chi connectivity index (χ0v) is 13.4. The van der Waals surface area contributed by atoms with Crippen LogP contribution in [0.15, 0.2) is 11.2 Å². The van der Waals surface area contributed by atoms with Gasteiger partial charge < -0.3 is 4.18 Å². The molecule has 1 rings (SSSR count). The number of hydrogen-bond acceptors (Lipinski definition) is 3. The Morgan fingerprint density at radius 1 is 1.30 bits per heavy atom. The summed E-state index contributed by atoms with van der Waals surface area (Å²) < 4.78 is 64.4. The smallest absolute Gasteiger partial charge is 0.382 e. The van der Waals surface area contributed by atoms with Crippen LogP contribution in [0.4, 0.5) is 13.2 Å². The zero-order chi connectivity index (χ0) is 16.1. The van der Waals surface area contributed by atoms with Crippen molar-refractivity contribution < 1.29 is 25.8 Å². The molecule has 0 radical (unpaired) electrons. The van der Waals surface area contributed by atoms with Crippen molar-refractivity contribution in [2.24, 2.45) is 5.41 Å². The third kappa shape index (κ3) is 3.07. The van der Waals surface area contributed by atoms with E-state index in [-0.39, 0.29) is 17.0 Å². The summed E-state index contributed by atoms with van der Waals surface area (Å²) in [6, 6.07) is 0. The van der Waals surface area contributed by atoms with Crippen molar-refractivity contribution in [3.8, 4) is 0 Å². The molecule has 0 spiro atoms. The Labute approximate surface area is 121 Å². The second-order valence-electron chi connectivity index (χ2n) is 6.77. The van der Waals surface area contributed by atoms with E-state index in [0.29, 0.717) is 11.9 Å². The summed E-state index contributed by atoms with van der Waals surface area (Å²) in [5.41, 5.74) is -4.99. The molecule has 0 saturated carbocycles. The average molecular weight is 306 g/mol. The maximum atomic E-state index is 12.5. The van der Waals surface area contributed by atoms with Crippen LogP contribution in [0.25, 0.3) is 0 Å². The SMILES string of the molecule is BC1=C(OS(=O)(=O)C(F)(F)F)C(B)(B)CC(C)(C)C1B.